The van der Waals surface area contributed by atoms with Gasteiger partial charge in [-0.15, -0.1) is 0 Å². The Kier molecular flexibility index (Phi) is 6.18. The Balaban J connectivity index is 1.54. The van der Waals surface area contributed by atoms with Crippen molar-refractivity contribution in [1.29, 1.82) is 0 Å². The van der Waals surface area contributed by atoms with E-state index in [0.717, 1.165) is 54.7 Å². The summed E-state index contributed by atoms with van der Waals surface area (Å²) < 4.78 is 0. The van der Waals surface area contributed by atoms with Gasteiger partial charge in [0.05, 0.1) is 6.54 Å². The molecule has 1 unspecified atom stereocenters. The third-order valence-corrected chi connectivity index (χ3v) is 6.14. The number of nitrogens with one attached hydrogen (secondary N) is 1. The van der Waals surface area contributed by atoms with Crippen LogP contribution in [0.1, 0.15) is 47.6 Å². The maximum Gasteiger partial charge on any atom is 0.244 e. The predicted octanol–water partition coefficient (Wildman–Crippen LogP) is 3.85. The number of carbonyl (C=O) groups is 2. The summed E-state index contributed by atoms with van der Waals surface area (Å²) in [6.45, 7) is 6.61. The fourth-order valence-corrected chi connectivity index (χ4v) is 4.80. The van der Waals surface area contributed by atoms with E-state index in [4.69, 9.17) is 0 Å². The van der Waals surface area contributed by atoms with Crippen LogP contribution < -0.4 is 5.32 Å². The Hall–Kier alpha value is -2.66. The van der Waals surface area contributed by atoms with E-state index in [-0.39, 0.29) is 24.4 Å². The van der Waals surface area contributed by atoms with Crippen LogP contribution in [0.15, 0.2) is 42.5 Å². The molecule has 2 heterocycles. The Morgan fingerprint density at radius 1 is 0.967 bits per heavy atom. The summed E-state index contributed by atoms with van der Waals surface area (Å²) in [5.41, 5.74) is 5.33. The van der Waals surface area contributed by atoms with E-state index in [0.29, 0.717) is 6.54 Å². The van der Waals surface area contributed by atoms with Gasteiger partial charge in [0.25, 0.3) is 0 Å². The van der Waals surface area contributed by atoms with Crippen LogP contribution in [0.4, 0.5) is 5.69 Å². The highest BCUT2D eigenvalue weighted by molar-refractivity contribution is 5.93. The summed E-state index contributed by atoms with van der Waals surface area (Å²) in [5, 5.41) is 3.03. The summed E-state index contributed by atoms with van der Waals surface area (Å²) in [7, 11) is 0. The van der Waals surface area contributed by atoms with Gasteiger partial charge in [-0.1, -0.05) is 30.3 Å². The van der Waals surface area contributed by atoms with E-state index in [2.05, 4.69) is 28.4 Å². The molecule has 2 aromatic rings. The van der Waals surface area contributed by atoms with E-state index < -0.39 is 0 Å². The third-order valence-electron chi connectivity index (χ3n) is 6.14. The fraction of sp³-hybridized carbons (Fsp3) is 0.440. The monoisotopic (exact) mass is 405 g/mol. The van der Waals surface area contributed by atoms with Gasteiger partial charge in [-0.25, -0.2) is 0 Å². The molecule has 2 amide bonds. The van der Waals surface area contributed by atoms with Crippen molar-refractivity contribution in [3.63, 3.8) is 0 Å². The molecular formula is C25H31N3O2. The van der Waals surface area contributed by atoms with Gasteiger partial charge < -0.3 is 10.2 Å². The molecule has 2 aromatic carbocycles. The number of hydrogen-bond acceptors (Lipinski definition) is 3. The van der Waals surface area contributed by atoms with Crippen LogP contribution in [0.5, 0.6) is 0 Å². The first-order chi connectivity index (χ1) is 14.5. The second kappa shape index (κ2) is 9.00. The largest absolute Gasteiger partial charge is 0.341 e. The number of anilines is 1. The quantitative estimate of drug-likeness (QED) is 0.841. The maximum atomic E-state index is 13.5. The summed E-state index contributed by atoms with van der Waals surface area (Å²) in [6.07, 6.45) is 4.17. The molecule has 1 N–H and O–H groups in total. The zero-order valence-corrected chi connectivity index (χ0v) is 18.0. The lowest BCUT2D eigenvalue weighted by Crippen LogP contribution is -2.49. The molecule has 1 saturated heterocycles. The zero-order chi connectivity index (χ0) is 21.1. The predicted molar refractivity (Wildman–Crippen MR) is 119 cm³/mol. The van der Waals surface area contributed by atoms with E-state index in [1.807, 2.05) is 43.0 Å². The molecule has 2 aliphatic heterocycles. The molecule has 30 heavy (non-hydrogen) atoms. The number of likely N-dealkylation sites (tertiary alicyclic amines) is 1. The molecule has 0 bridgehead atoms. The Labute approximate surface area is 179 Å². The van der Waals surface area contributed by atoms with Crippen molar-refractivity contribution in [1.82, 2.24) is 9.80 Å². The van der Waals surface area contributed by atoms with Crippen molar-refractivity contribution in [2.75, 3.05) is 31.5 Å². The summed E-state index contributed by atoms with van der Waals surface area (Å²) in [5.74, 6) is 0.0666. The number of fused-ring (bicyclic) bond motifs is 1. The summed E-state index contributed by atoms with van der Waals surface area (Å²) in [6, 6.07) is 13.9. The molecule has 0 spiro atoms. The number of rotatable bonds is 4. The number of nitrogens with zero attached hydrogens (tertiary/aromatic N) is 2. The second-order valence-electron chi connectivity index (χ2n) is 8.63. The standard InChI is InChI=1S/C25H31N3O2/c1-18-14-19(2)16-21(15-18)26-23(29)17-28-13-10-20-8-4-5-9-22(20)24(28)25(30)27-11-6-3-7-12-27/h4-5,8-9,14-16,24H,3,6-7,10-13,17H2,1-2H3,(H,26,29). The van der Waals surface area contributed by atoms with Crippen molar-refractivity contribution in [2.24, 2.45) is 0 Å². The minimum atomic E-state index is -0.377. The molecule has 0 aromatic heterocycles. The SMILES string of the molecule is Cc1cc(C)cc(NC(=O)CN2CCc3ccccc3C2C(=O)N2CCCCC2)c1. The van der Waals surface area contributed by atoms with E-state index in [1.165, 1.54) is 12.0 Å². The van der Waals surface area contributed by atoms with Gasteiger partial charge in [-0.2, -0.15) is 0 Å². The van der Waals surface area contributed by atoms with Gasteiger partial charge in [0.15, 0.2) is 0 Å². The first-order valence-electron chi connectivity index (χ1n) is 11.0. The van der Waals surface area contributed by atoms with Crippen LogP contribution in [-0.4, -0.2) is 47.8 Å². The molecule has 0 saturated carbocycles. The number of hydrogen-bond donors (Lipinski definition) is 1. The molecule has 0 aliphatic carbocycles. The fourth-order valence-electron chi connectivity index (χ4n) is 4.80. The lowest BCUT2D eigenvalue weighted by Gasteiger charge is -2.39. The van der Waals surface area contributed by atoms with Gasteiger partial charge in [-0.3, -0.25) is 14.5 Å². The smallest absolute Gasteiger partial charge is 0.244 e. The minimum absolute atomic E-state index is 0.0733. The normalized spacial score (nSPS) is 19.3. The van der Waals surface area contributed by atoms with Crippen LogP contribution in [0, 0.1) is 13.8 Å². The highest BCUT2D eigenvalue weighted by Gasteiger charge is 2.36. The second-order valence-corrected chi connectivity index (χ2v) is 8.63. The summed E-state index contributed by atoms with van der Waals surface area (Å²) in [4.78, 5) is 30.4. The van der Waals surface area contributed by atoms with Crippen LogP contribution in [0.25, 0.3) is 0 Å². The number of carbonyl (C=O) groups excluding carboxylic acids is 2. The highest BCUT2D eigenvalue weighted by Crippen LogP contribution is 2.32. The molecule has 2 aliphatic rings. The van der Waals surface area contributed by atoms with Crippen LogP contribution in [0.3, 0.4) is 0 Å². The first kappa shape index (κ1) is 20.6. The van der Waals surface area contributed by atoms with Crippen LogP contribution >= 0.6 is 0 Å². The minimum Gasteiger partial charge on any atom is -0.341 e. The third kappa shape index (κ3) is 4.57. The molecular weight excluding hydrogens is 374 g/mol. The van der Waals surface area contributed by atoms with E-state index in [1.54, 1.807) is 0 Å². The number of aryl methyl sites for hydroxylation is 2. The van der Waals surface area contributed by atoms with Gasteiger partial charge in [-0.05, 0) is 73.9 Å². The molecule has 5 nitrogen and oxygen atoms in total. The lowest BCUT2D eigenvalue weighted by atomic mass is 9.91. The topological polar surface area (TPSA) is 52.7 Å². The maximum absolute atomic E-state index is 13.5. The van der Waals surface area contributed by atoms with Crippen molar-refractivity contribution in [2.45, 2.75) is 45.6 Å². The molecule has 5 heteroatoms. The molecule has 158 valence electrons. The number of amides is 2. The number of benzene rings is 2. The van der Waals surface area contributed by atoms with Crippen molar-refractivity contribution in [3.05, 3.63) is 64.7 Å². The molecule has 0 radical (unpaired) electrons. The average Bonchev–Trinajstić information content (AvgIpc) is 2.73. The van der Waals surface area contributed by atoms with Crippen LogP contribution in [-0.2, 0) is 16.0 Å². The van der Waals surface area contributed by atoms with Crippen molar-refractivity contribution >= 4 is 17.5 Å². The Morgan fingerprint density at radius 3 is 2.40 bits per heavy atom. The first-order valence-corrected chi connectivity index (χ1v) is 11.0. The van der Waals surface area contributed by atoms with Gasteiger partial charge in [0.1, 0.15) is 6.04 Å². The Bertz CT molecular complexity index is 913. The average molecular weight is 406 g/mol. The Morgan fingerprint density at radius 2 is 1.67 bits per heavy atom. The van der Waals surface area contributed by atoms with Crippen molar-refractivity contribution < 1.29 is 9.59 Å². The van der Waals surface area contributed by atoms with Gasteiger partial charge >= 0.3 is 0 Å². The molecule has 1 fully saturated rings. The van der Waals surface area contributed by atoms with E-state index >= 15 is 0 Å². The lowest BCUT2D eigenvalue weighted by molar-refractivity contribution is -0.139. The van der Waals surface area contributed by atoms with Gasteiger partial charge in [0, 0.05) is 25.3 Å². The summed E-state index contributed by atoms with van der Waals surface area (Å²) >= 11 is 0. The number of piperidine rings is 1. The van der Waals surface area contributed by atoms with E-state index in [9.17, 15) is 9.59 Å². The molecule has 4 rings (SSSR count). The highest BCUT2D eigenvalue weighted by atomic mass is 16.2. The van der Waals surface area contributed by atoms with Crippen molar-refractivity contribution in [3.8, 4) is 0 Å². The molecule has 1 atom stereocenters. The van der Waals surface area contributed by atoms with Gasteiger partial charge in [0.2, 0.25) is 11.8 Å². The van der Waals surface area contributed by atoms with Crippen LogP contribution in [0.2, 0.25) is 0 Å². The zero-order valence-electron chi connectivity index (χ0n) is 18.0.